The molecule has 0 saturated carbocycles. The molecule has 8 heteroatoms. The standard InChI is InChI=1S/C22H19ClO6S/c1-12(24)28-19-15-10-9-14(30-18-8-6-5-7-17(18)23)11-16(15)20(29-13(2)25)22(27-4)21(19)26-3/h5-11H,1-4H3. The number of esters is 2. The first-order valence-electron chi connectivity index (χ1n) is 8.86. The number of hydrogen-bond donors (Lipinski definition) is 0. The van der Waals surface area contributed by atoms with Crippen molar-refractivity contribution in [3.05, 3.63) is 47.5 Å². The molecule has 0 fully saturated rings. The van der Waals surface area contributed by atoms with E-state index in [9.17, 15) is 9.59 Å². The second-order valence-electron chi connectivity index (χ2n) is 6.15. The lowest BCUT2D eigenvalue weighted by atomic mass is 10.1. The molecule has 0 heterocycles. The molecular formula is C22H19ClO6S. The molecule has 3 aromatic carbocycles. The Morgan fingerprint density at radius 2 is 1.37 bits per heavy atom. The fourth-order valence-corrected chi connectivity index (χ4v) is 4.07. The average Bonchev–Trinajstić information content (AvgIpc) is 2.70. The van der Waals surface area contributed by atoms with Gasteiger partial charge in [-0.25, -0.2) is 0 Å². The predicted molar refractivity (Wildman–Crippen MR) is 115 cm³/mol. The Balaban J connectivity index is 2.28. The van der Waals surface area contributed by atoms with Crippen molar-refractivity contribution in [3.63, 3.8) is 0 Å². The van der Waals surface area contributed by atoms with Crippen molar-refractivity contribution in [1.82, 2.24) is 0 Å². The van der Waals surface area contributed by atoms with Gasteiger partial charge in [-0.1, -0.05) is 35.5 Å². The number of ether oxygens (including phenoxy) is 4. The van der Waals surface area contributed by atoms with Gasteiger partial charge in [-0.15, -0.1) is 0 Å². The van der Waals surface area contributed by atoms with Gasteiger partial charge in [0.15, 0.2) is 11.5 Å². The number of carbonyl (C=O) groups excluding carboxylic acids is 2. The summed E-state index contributed by atoms with van der Waals surface area (Å²) in [7, 11) is 2.83. The molecule has 0 aliphatic heterocycles. The minimum atomic E-state index is -0.527. The van der Waals surface area contributed by atoms with Crippen LogP contribution in [0.25, 0.3) is 10.8 Å². The molecule has 0 aromatic heterocycles. The fraction of sp³-hybridized carbons (Fsp3) is 0.182. The number of fused-ring (bicyclic) bond motifs is 1. The van der Waals surface area contributed by atoms with Crippen molar-refractivity contribution in [3.8, 4) is 23.0 Å². The van der Waals surface area contributed by atoms with E-state index in [1.807, 2.05) is 36.4 Å². The van der Waals surface area contributed by atoms with E-state index in [1.165, 1.54) is 39.8 Å². The summed E-state index contributed by atoms with van der Waals surface area (Å²) < 4.78 is 21.8. The molecule has 0 radical (unpaired) electrons. The van der Waals surface area contributed by atoms with Gasteiger partial charge in [0, 0.05) is 34.4 Å². The van der Waals surface area contributed by atoms with E-state index in [-0.39, 0.29) is 23.0 Å². The third-order valence-corrected chi connectivity index (χ3v) is 5.57. The van der Waals surface area contributed by atoms with Crippen LogP contribution >= 0.6 is 23.4 Å². The molecule has 3 aromatic rings. The SMILES string of the molecule is COc1c(OC)c(OC(C)=O)c2cc(Sc3ccccc3Cl)ccc2c1OC(C)=O. The van der Waals surface area contributed by atoms with E-state index in [4.69, 9.17) is 30.5 Å². The minimum absolute atomic E-state index is 0.149. The molecule has 3 rings (SSSR count). The van der Waals surface area contributed by atoms with Gasteiger partial charge in [0.1, 0.15) is 0 Å². The number of carbonyl (C=O) groups is 2. The normalized spacial score (nSPS) is 10.6. The lowest BCUT2D eigenvalue weighted by Gasteiger charge is -2.19. The molecule has 0 N–H and O–H groups in total. The highest BCUT2D eigenvalue weighted by atomic mass is 35.5. The Hall–Kier alpha value is -2.90. The Labute approximate surface area is 183 Å². The van der Waals surface area contributed by atoms with Crippen LogP contribution in [0.4, 0.5) is 0 Å². The van der Waals surface area contributed by atoms with Crippen LogP contribution in [0.3, 0.4) is 0 Å². The molecule has 0 bridgehead atoms. The second kappa shape index (κ2) is 9.28. The first-order valence-corrected chi connectivity index (χ1v) is 10.1. The number of methoxy groups -OCH3 is 2. The third-order valence-electron chi connectivity index (χ3n) is 4.06. The first kappa shape index (κ1) is 21.8. The molecule has 0 atom stereocenters. The van der Waals surface area contributed by atoms with Gasteiger partial charge < -0.3 is 18.9 Å². The number of rotatable bonds is 6. The summed E-state index contributed by atoms with van der Waals surface area (Å²) in [6.45, 7) is 2.58. The van der Waals surface area contributed by atoms with Crippen molar-refractivity contribution in [1.29, 1.82) is 0 Å². The topological polar surface area (TPSA) is 71.1 Å². The van der Waals surface area contributed by atoms with Crippen molar-refractivity contribution < 1.29 is 28.5 Å². The van der Waals surface area contributed by atoms with E-state index in [2.05, 4.69) is 0 Å². The van der Waals surface area contributed by atoms with Gasteiger partial charge in [0.2, 0.25) is 11.5 Å². The Bertz CT molecular complexity index is 1130. The van der Waals surface area contributed by atoms with Crippen LogP contribution < -0.4 is 18.9 Å². The smallest absolute Gasteiger partial charge is 0.308 e. The maximum absolute atomic E-state index is 11.8. The van der Waals surface area contributed by atoms with Crippen LogP contribution in [0.1, 0.15) is 13.8 Å². The Morgan fingerprint density at radius 3 is 1.90 bits per heavy atom. The van der Waals surface area contributed by atoms with Gasteiger partial charge in [0.25, 0.3) is 0 Å². The fourth-order valence-electron chi connectivity index (χ4n) is 2.94. The number of halogens is 1. The zero-order chi connectivity index (χ0) is 21.8. The van der Waals surface area contributed by atoms with Crippen LogP contribution in [-0.2, 0) is 9.59 Å². The summed E-state index contributed by atoms with van der Waals surface area (Å²) in [6, 6.07) is 12.9. The average molecular weight is 447 g/mol. The van der Waals surface area contributed by atoms with Crippen LogP contribution in [0, 0.1) is 0 Å². The summed E-state index contributed by atoms with van der Waals surface area (Å²) in [5.41, 5.74) is 0. The van der Waals surface area contributed by atoms with Crippen molar-refractivity contribution in [2.24, 2.45) is 0 Å². The second-order valence-corrected chi connectivity index (χ2v) is 7.67. The van der Waals surface area contributed by atoms with Crippen LogP contribution in [0.2, 0.25) is 5.02 Å². The number of hydrogen-bond acceptors (Lipinski definition) is 7. The molecule has 156 valence electrons. The van der Waals surface area contributed by atoms with E-state index in [1.54, 1.807) is 6.07 Å². The predicted octanol–water partition coefficient (Wildman–Crippen LogP) is 5.51. The minimum Gasteiger partial charge on any atom is -0.490 e. The summed E-state index contributed by atoms with van der Waals surface area (Å²) in [4.78, 5) is 25.2. The summed E-state index contributed by atoms with van der Waals surface area (Å²) >= 11 is 7.73. The highest BCUT2D eigenvalue weighted by Crippen LogP contribution is 2.52. The highest BCUT2D eigenvalue weighted by Gasteiger charge is 2.26. The maximum Gasteiger partial charge on any atom is 0.308 e. The van der Waals surface area contributed by atoms with Crippen LogP contribution in [-0.4, -0.2) is 26.2 Å². The molecule has 0 saturated heterocycles. The van der Waals surface area contributed by atoms with E-state index < -0.39 is 11.9 Å². The molecular weight excluding hydrogens is 428 g/mol. The van der Waals surface area contributed by atoms with E-state index >= 15 is 0 Å². The zero-order valence-electron chi connectivity index (χ0n) is 16.8. The maximum atomic E-state index is 11.8. The zero-order valence-corrected chi connectivity index (χ0v) is 18.3. The lowest BCUT2D eigenvalue weighted by Crippen LogP contribution is -2.08. The monoisotopic (exact) mass is 446 g/mol. The van der Waals surface area contributed by atoms with Crippen molar-refractivity contribution >= 4 is 46.1 Å². The van der Waals surface area contributed by atoms with Crippen molar-refractivity contribution in [2.75, 3.05) is 14.2 Å². The molecule has 0 amide bonds. The molecule has 0 spiro atoms. The Morgan fingerprint density at radius 1 is 0.800 bits per heavy atom. The lowest BCUT2D eigenvalue weighted by molar-refractivity contribution is -0.133. The van der Waals surface area contributed by atoms with Gasteiger partial charge in [-0.3, -0.25) is 9.59 Å². The van der Waals surface area contributed by atoms with Crippen molar-refractivity contribution in [2.45, 2.75) is 23.6 Å². The van der Waals surface area contributed by atoms with Gasteiger partial charge in [-0.2, -0.15) is 0 Å². The van der Waals surface area contributed by atoms with Crippen LogP contribution in [0.15, 0.2) is 52.3 Å². The van der Waals surface area contributed by atoms with Crippen LogP contribution in [0.5, 0.6) is 23.0 Å². The van der Waals surface area contributed by atoms with Gasteiger partial charge >= 0.3 is 11.9 Å². The largest absolute Gasteiger partial charge is 0.490 e. The molecule has 30 heavy (non-hydrogen) atoms. The quantitative estimate of drug-likeness (QED) is 0.365. The summed E-state index contributed by atoms with van der Waals surface area (Å²) in [5, 5.41) is 1.68. The molecule has 0 aliphatic rings. The first-order chi connectivity index (χ1) is 14.3. The molecule has 6 nitrogen and oxygen atoms in total. The van der Waals surface area contributed by atoms with E-state index in [0.717, 1.165) is 9.79 Å². The molecule has 0 aliphatic carbocycles. The summed E-state index contributed by atoms with van der Waals surface area (Å²) in [5.74, 6) is -0.386. The highest BCUT2D eigenvalue weighted by molar-refractivity contribution is 7.99. The third kappa shape index (κ3) is 4.47. The Kier molecular flexibility index (Phi) is 6.74. The summed E-state index contributed by atoms with van der Waals surface area (Å²) in [6.07, 6.45) is 0. The van der Waals surface area contributed by atoms with E-state index in [0.29, 0.717) is 15.8 Å². The molecule has 0 unspecified atom stereocenters. The number of benzene rings is 3. The van der Waals surface area contributed by atoms with Gasteiger partial charge in [0.05, 0.1) is 19.2 Å². The van der Waals surface area contributed by atoms with Gasteiger partial charge in [-0.05, 0) is 30.3 Å².